The van der Waals surface area contributed by atoms with Crippen LogP contribution in [0.5, 0.6) is 0 Å². The summed E-state index contributed by atoms with van der Waals surface area (Å²) in [6.45, 7) is 2.16. The first-order chi connectivity index (χ1) is 10.7. The van der Waals surface area contributed by atoms with Gasteiger partial charge in [0.25, 0.3) is 0 Å². The molecule has 0 aliphatic heterocycles. The normalized spacial score (nSPS) is 11.8. The average molecular weight is 334 g/mol. The van der Waals surface area contributed by atoms with E-state index in [1.807, 2.05) is 35.9 Å². The molecule has 0 unspecified atom stereocenters. The number of hydrogen-bond acceptors (Lipinski definition) is 7. The lowest BCUT2D eigenvalue weighted by Crippen LogP contribution is -2.15. The summed E-state index contributed by atoms with van der Waals surface area (Å²) in [5, 5.41) is 12.7. The topological polar surface area (TPSA) is 86.5 Å². The van der Waals surface area contributed by atoms with E-state index < -0.39 is 0 Å². The minimum Gasteiger partial charge on any atom is -0.388 e. The molecule has 114 valence electrons. The van der Waals surface area contributed by atoms with E-state index in [-0.39, 0.29) is 6.61 Å². The van der Waals surface area contributed by atoms with Gasteiger partial charge in [-0.3, -0.25) is 0 Å². The molecule has 0 fully saturated rings. The van der Waals surface area contributed by atoms with Crippen LogP contribution in [0.3, 0.4) is 0 Å². The first-order valence-electron chi connectivity index (χ1n) is 6.55. The van der Waals surface area contributed by atoms with Gasteiger partial charge in [-0.15, -0.1) is 22.7 Å². The van der Waals surface area contributed by atoms with E-state index in [1.54, 1.807) is 22.7 Å². The first-order valence-corrected chi connectivity index (χ1v) is 8.31. The van der Waals surface area contributed by atoms with Crippen LogP contribution in [0.15, 0.2) is 38.6 Å². The third kappa shape index (κ3) is 3.71. The highest BCUT2D eigenvalue weighted by atomic mass is 32.1. The molecule has 2 N–H and O–H groups in total. The number of aromatic nitrogens is 2. The summed E-state index contributed by atoms with van der Waals surface area (Å²) in [5.74, 6) is 1.11. The maximum absolute atomic E-state index is 5.81. The Morgan fingerprint density at radius 2 is 2.36 bits per heavy atom. The number of oxime groups is 1. The number of amidine groups is 1. The van der Waals surface area contributed by atoms with Crippen molar-refractivity contribution in [1.82, 2.24) is 10.1 Å². The molecule has 3 heterocycles. The van der Waals surface area contributed by atoms with Crippen LogP contribution in [0.2, 0.25) is 0 Å². The van der Waals surface area contributed by atoms with Gasteiger partial charge >= 0.3 is 0 Å². The summed E-state index contributed by atoms with van der Waals surface area (Å²) >= 11 is 3.15. The molecule has 0 saturated heterocycles. The van der Waals surface area contributed by atoms with Crippen molar-refractivity contribution in [2.75, 3.05) is 0 Å². The van der Waals surface area contributed by atoms with E-state index in [1.165, 1.54) is 0 Å². The average Bonchev–Trinajstić information content (AvgIpc) is 3.20. The number of nitrogens with zero attached hydrogens (tertiary/aromatic N) is 3. The fourth-order valence-corrected chi connectivity index (χ4v) is 3.23. The smallest absolute Gasteiger partial charge is 0.177 e. The molecule has 0 amide bonds. The SMILES string of the molecule is Cc1csc(C/C(N)=N/OCc2cc(-c3cccs3)on2)n1. The number of thiophene rings is 1. The standard InChI is InChI=1S/C14H14N4O2S2/c1-9-8-22-14(16-9)6-13(15)18-19-7-10-5-11(20-17-10)12-3-2-4-21-12/h2-5,8H,6-7H2,1H3,(H2,15,18). The quantitative estimate of drug-likeness (QED) is 0.425. The van der Waals surface area contributed by atoms with Crippen LogP contribution in [-0.4, -0.2) is 16.0 Å². The van der Waals surface area contributed by atoms with Crippen molar-refractivity contribution in [2.24, 2.45) is 10.9 Å². The van der Waals surface area contributed by atoms with Crippen molar-refractivity contribution in [3.8, 4) is 10.6 Å². The second kappa shape index (κ2) is 6.71. The van der Waals surface area contributed by atoms with E-state index in [9.17, 15) is 0 Å². The summed E-state index contributed by atoms with van der Waals surface area (Å²) in [4.78, 5) is 10.6. The lowest BCUT2D eigenvalue weighted by atomic mass is 10.3. The molecule has 0 saturated carbocycles. The van der Waals surface area contributed by atoms with Crippen molar-refractivity contribution < 1.29 is 9.36 Å². The molecular weight excluding hydrogens is 320 g/mol. The molecule has 3 aromatic rings. The van der Waals surface area contributed by atoms with Crippen LogP contribution in [0.1, 0.15) is 16.4 Å². The fraction of sp³-hybridized carbons (Fsp3) is 0.214. The van der Waals surface area contributed by atoms with Gasteiger partial charge < -0.3 is 15.1 Å². The molecule has 0 bridgehead atoms. The second-order valence-corrected chi connectivity index (χ2v) is 6.47. The molecule has 0 radical (unpaired) electrons. The number of aryl methyl sites for hydroxylation is 1. The molecule has 0 atom stereocenters. The van der Waals surface area contributed by atoms with E-state index in [2.05, 4.69) is 15.3 Å². The molecule has 0 aliphatic carbocycles. The van der Waals surface area contributed by atoms with Crippen LogP contribution in [0.25, 0.3) is 10.6 Å². The lowest BCUT2D eigenvalue weighted by molar-refractivity contribution is 0.124. The van der Waals surface area contributed by atoms with Crippen LogP contribution in [0, 0.1) is 6.92 Å². The van der Waals surface area contributed by atoms with Crippen molar-refractivity contribution in [3.05, 3.63) is 45.4 Å². The van der Waals surface area contributed by atoms with Gasteiger partial charge in [0, 0.05) is 17.1 Å². The van der Waals surface area contributed by atoms with Crippen molar-refractivity contribution in [1.29, 1.82) is 0 Å². The van der Waals surface area contributed by atoms with Crippen molar-refractivity contribution in [3.63, 3.8) is 0 Å². The Morgan fingerprint density at radius 1 is 1.45 bits per heavy atom. The predicted molar refractivity (Wildman–Crippen MR) is 86.8 cm³/mol. The molecule has 0 aromatic carbocycles. The van der Waals surface area contributed by atoms with Crippen LogP contribution in [-0.2, 0) is 17.9 Å². The maximum atomic E-state index is 5.81. The molecule has 0 aliphatic rings. The third-order valence-corrected chi connectivity index (χ3v) is 4.57. The highest BCUT2D eigenvalue weighted by Crippen LogP contribution is 2.25. The maximum Gasteiger partial charge on any atom is 0.177 e. The Morgan fingerprint density at radius 3 is 3.09 bits per heavy atom. The van der Waals surface area contributed by atoms with Crippen molar-refractivity contribution >= 4 is 28.5 Å². The van der Waals surface area contributed by atoms with E-state index in [0.717, 1.165) is 21.3 Å². The van der Waals surface area contributed by atoms with Gasteiger partial charge in [-0.25, -0.2) is 4.98 Å². The predicted octanol–water partition coefficient (Wildman–Crippen LogP) is 3.20. The van der Waals surface area contributed by atoms with E-state index in [4.69, 9.17) is 15.1 Å². The van der Waals surface area contributed by atoms with Crippen LogP contribution in [0.4, 0.5) is 0 Å². The molecule has 6 nitrogen and oxygen atoms in total. The fourth-order valence-electron chi connectivity index (χ4n) is 1.77. The van der Waals surface area contributed by atoms with Crippen LogP contribution >= 0.6 is 22.7 Å². The Balaban J connectivity index is 1.53. The van der Waals surface area contributed by atoms with Gasteiger partial charge in [0.05, 0.1) is 11.3 Å². The van der Waals surface area contributed by atoms with Gasteiger partial charge in [-0.1, -0.05) is 16.4 Å². The minimum atomic E-state index is 0.215. The third-order valence-electron chi connectivity index (χ3n) is 2.72. The summed E-state index contributed by atoms with van der Waals surface area (Å²) in [5.41, 5.74) is 7.47. The molecule has 3 rings (SSSR count). The van der Waals surface area contributed by atoms with E-state index >= 15 is 0 Å². The Bertz CT molecular complexity index is 762. The summed E-state index contributed by atoms with van der Waals surface area (Å²) < 4.78 is 5.26. The van der Waals surface area contributed by atoms with Gasteiger partial charge in [-0.05, 0) is 18.4 Å². The largest absolute Gasteiger partial charge is 0.388 e. The zero-order valence-corrected chi connectivity index (χ0v) is 13.5. The molecule has 22 heavy (non-hydrogen) atoms. The van der Waals surface area contributed by atoms with Gasteiger partial charge in [0.2, 0.25) is 0 Å². The van der Waals surface area contributed by atoms with Gasteiger partial charge in [0.1, 0.15) is 16.5 Å². The second-order valence-electron chi connectivity index (χ2n) is 4.58. The molecule has 0 spiro atoms. The molecule has 8 heteroatoms. The summed E-state index contributed by atoms with van der Waals surface area (Å²) in [6, 6.07) is 5.77. The summed E-state index contributed by atoms with van der Waals surface area (Å²) in [6.07, 6.45) is 0.484. The number of nitrogens with two attached hydrogens (primary N) is 1. The molecular formula is C14H14N4O2S2. The highest BCUT2D eigenvalue weighted by Gasteiger charge is 2.08. The van der Waals surface area contributed by atoms with Gasteiger partial charge in [0.15, 0.2) is 12.4 Å². The zero-order valence-electron chi connectivity index (χ0n) is 11.9. The molecule has 3 aromatic heterocycles. The number of hydrogen-bond donors (Lipinski definition) is 1. The Hall–Kier alpha value is -2.19. The number of thiazole rings is 1. The monoisotopic (exact) mass is 334 g/mol. The highest BCUT2D eigenvalue weighted by molar-refractivity contribution is 7.13. The Kier molecular flexibility index (Phi) is 4.50. The van der Waals surface area contributed by atoms with E-state index in [0.29, 0.717) is 18.0 Å². The van der Waals surface area contributed by atoms with Gasteiger partial charge in [-0.2, -0.15) is 0 Å². The first kappa shape index (κ1) is 14.7. The van der Waals surface area contributed by atoms with Crippen molar-refractivity contribution in [2.45, 2.75) is 20.0 Å². The zero-order chi connectivity index (χ0) is 15.4. The lowest BCUT2D eigenvalue weighted by Gasteiger charge is -1.98. The Labute approximate surface area is 135 Å². The summed E-state index contributed by atoms with van der Waals surface area (Å²) in [7, 11) is 0. The number of rotatable bonds is 6. The minimum absolute atomic E-state index is 0.215. The van der Waals surface area contributed by atoms with Crippen LogP contribution < -0.4 is 5.73 Å².